The molecule has 0 aliphatic rings. The fourth-order valence-electron chi connectivity index (χ4n) is 3.19. The minimum Gasteiger partial charge on any atom is -0.508 e. The topological polar surface area (TPSA) is 273 Å². The highest BCUT2D eigenvalue weighted by atomic mass is 16.4. The van der Waals surface area contributed by atoms with Gasteiger partial charge in [-0.1, -0.05) is 12.1 Å². The van der Waals surface area contributed by atoms with Crippen molar-refractivity contribution < 1.29 is 39.3 Å². The zero-order chi connectivity index (χ0) is 28.8. The van der Waals surface area contributed by atoms with Gasteiger partial charge in [-0.15, -0.1) is 0 Å². The van der Waals surface area contributed by atoms with Gasteiger partial charge >= 0.3 is 11.9 Å². The summed E-state index contributed by atoms with van der Waals surface area (Å²) in [5.74, 6) is -5.06. The van der Waals surface area contributed by atoms with Crippen LogP contribution in [0.2, 0.25) is 0 Å². The average molecular weight is 538 g/mol. The SMILES string of the molecule is CC(NC(=O)C(Cc1ccc(O)cc1)NC(=O)C(CCC(=O)O)NC(=O)C(N)CCCN=C(N)N)C(=O)O. The Hall–Kier alpha value is -4.40. The molecule has 0 spiro atoms. The van der Waals surface area contributed by atoms with Gasteiger partial charge in [0, 0.05) is 19.4 Å². The number of rotatable bonds is 16. The number of nitrogens with zero attached hydrogens (tertiary/aromatic N) is 1. The summed E-state index contributed by atoms with van der Waals surface area (Å²) in [5, 5.41) is 34.8. The monoisotopic (exact) mass is 537 g/mol. The summed E-state index contributed by atoms with van der Waals surface area (Å²) in [6.07, 6.45) is -0.312. The standard InChI is InChI=1S/C23H35N7O8/c1-12(22(37)38)28-21(36)17(11-13-4-6-14(31)7-5-13)30-20(35)16(8-9-18(32)33)29-19(34)15(24)3-2-10-27-23(25)26/h4-7,12,15-17,31H,2-3,8-11,24H2,1H3,(H,28,36)(H,29,34)(H,30,35)(H,32,33)(H,37,38)(H4,25,26,27). The Kier molecular flexibility index (Phi) is 13.0. The van der Waals surface area contributed by atoms with E-state index >= 15 is 0 Å². The number of carbonyl (C=O) groups is 5. The number of aromatic hydroxyl groups is 1. The molecule has 1 aromatic carbocycles. The maximum atomic E-state index is 13.1. The third-order valence-electron chi connectivity index (χ3n) is 5.32. The van der Waals surface area contributed by atoms with Crippen LogP contribution in [0, 0.1) is 0 Å². The van der Waals surface area contributed by atoms with Crippen molar-refractivity contribution in [2.45, 2.75) is 63.2 Å². The summed E-state index contributed by atoms with van der Waals surface area (Å²) >= 11 is 0. The number of carboxylic acids is 2. The smallest absolute Gasteiger partial charge is 0.325 e. The second kappa shape index (κ2) is 15.7. The van der Waals surface area contributed by atoms with Crippen LogP contribution in [-0.2, 0) is 30.4 Å². The molecule has 15 heteroatoms. The highest BCUT2D eigenvalue weighted by molar-refractivity contribution is 5.94. The molecule has 0 radical (unpaired) electrons. The lowest BCUT2D eigenvalue weighted by molar-refractivity contribution is -0.141. The number of carboxylic acid groups (broad SMARTS) is 2. The van der Waals surface area contributed by atoms with E-state index in [-0.39, 0.29) is 37.5 Å². The van der Waals surface area contributed by atoms with E-state index in [1.54, 1.807) is 0 Å². The lowest BCUT2D eigenvalue weighted by Gasteiger charge is -2.24. The number of guanidine groups is 1. The van der Waals surface area contributed by atoms with Gasteiger partial charge in [0.2, 0.25) is 17.7 Å². The molecule has 0 aromatic heterocycles. The zero-order valence-corrected chi connectivity index (χ0v) is 20.9. The first kappa shape index (κ1) is 31.6. The summed E-state index contributed by atoms with van der Waals surface area (Å²) in [7, 11) is 0. The molecule has 4 unspecified atom stereocenters. The van der Waals surface area contributed by atoms with Crippen LogP contribution in [0.5, 0.6) is 5.75 Å². The highest BCUT2D eigenvalue weighted by Gasteiger charge is 2.30. The van der Waals surface area contributed by atoms with E-state index in [2.05, 4.69) is 20.9 Å². The molecule has 0 aliphatic carbocycles. The van der Waals surface area contributed by atoms with E-state index in [4.69, 9.17) is 27.4 Å². The molecule has 4 atom stereocenters. The van der Waals surface area contributed by atoms with Gasteiger partial charge in [-0.2, -0.15) is 0 Å². The van der Waals surface area contributed by atoms with Crippen LogP contribution < -0.4 is 33.2 Å². The van der Waals surface area contributed by atoms with Crippen molar-refractivity contribution in [2.24, 2.45) is 22.2 Å². The van der Waals surface area contributed by atoms with Crippen molar-refractivity contribution in [3.8, 4) is 5.75 Å². The van der Waals surface area contributed by atoms with Crippen molar-refractivity contribution in [2.75, 3.05) is 6.54 Å². The molecule has 1 aromatic rings. The Labute approximate surface area is 218 Å². The molecule has 15 nitrogen and oxygen atoms in total. The minimum atomic E-state index is -1.35. The van der Waals surface area contributed by atoms with Crippen LogP contribution in [0.4, 0.5) is 0 Å². The molecular formula is C23H35N7O8. The van der Waals surface area contributed by atoms with Crippen molar-refractivity contribution in [1.29, 1.82) is 0 Å². The summed E-state index contributed by atoms with van der Waals surface area (Å²) in [4.78, 5) is 64.6. The van der Waals surface area contributed by atoms with Gasteiger partial charge in [-0.25, -0.2) is 0 Å². The zero-order valence-electron chi connectivity index (χ0n) is 20.9. The fraction of sp³-hybridized carbons (Fsp3) is 0.478. The fourth-order valence-corrected chi connectivity index (χ4v) is 3.19. The van der Waals surface area contributed by atoms with E-state index in [1.807, 2.05) is 0 Å². The van der Waals surface area contributed by atoms with E-state index in [0.717, 1.165) is 0 Å². The number of phenols is 1. The number of nitrogens with two attached hydrogens (primary N) is 3. The molecule has 0 heterocycles. The van der Waals surface area contributed by atoms with E-state index in [9.17, 15) is 29.1 Å². The molecule has 12 N–H and O–H groups in total. The lowest BCUT2D eigenvalue weighted by Crippen LogP contribution is -2.57. The van der Waals surface area contributed by atoms with Gasteiger partial charge in [0.1, 0.15) is 23.9 Å². The predicted octanol–water partition coefficient (Wildman–Crippen LogP) is -2.26. The minimum absolute atomic E-state index is 0.0237. The number of aliphatic imine (C=N–C) groups is 1. The van der Waals surface area contributed by atoms with E-state index in [0.29, 0.717) is 12.0 Å². The van der Waals surface area contributed by atoms with Crippen LogP contribution in [0.3, 0.4) is 0 Å². The van der Waals surface area contributed by atoms with Gasteiger partial charge in [0.05, 0.1) is 6.04 Å². The number of phenolic OH excluding ortho intramolecular Hbond substituents is 1. The Morgan fingerprint density at radius 1 is 0.895 bits per heavy atom. The van der Waals surface area contributed by atoms with Gasteiger partial charge in [0.15, 0.2) is 5.96 Å². The van der Waals surface area contributed by atoms with Crippen LogP contribution in [-0.4, -0.2) is 81.7 Å². The predicted molar refractivity (Wildman–Crippen MR) is 136 cm³/mol. The summed E-state index contributed by atoms with van der Waals surface area (Å²) in [5.41, 5.74) is 16.9. The molecular weight excluding hydrogens is 502 g/mol. The number of amides is 3. The Morgan fingerprint density at radius 2 is 1.47 bits per heavy atom. The third kappa shape index (κ3) is 12.0. The number of nitrogens with one attached hydrogen (secondary N) is 3. The van der Waals surface area contributed by atoms with Gasteiger partial charge in [-0.3, -0.25) is 29.0 Å². The number of hydrogen-bond acceptors (Lipinski definition) is 8. The van der Waals surface area contributed by atoms with Gasteiger partial charge < -0.3 is 48.5 Å². The quantitative estimate of drug-likeness (QED) is 0.0616. The third-order valence-corrected chi connectivity index (χ3v) is 5.32. The number of aliphatic carboxylic acids is 2. The first-order chi connectivity index (χ1) is 17.8. The largest absolute Gasteiger partial charge is 0.508 e. The molecule has 0 bridgehead atoms. The highest BCUT2D eigenvalue weighted by Crippen LogP contribution is 2.12. The van der Waals surface area contributed by atoms with Crippen LogP contribution >= 0.6 is 0 Å². The van der Waals surface area contributed by atoms with Crippen molar-refractivity contribution in [3.63, 3.8) is 0 Å². The molecule has 38 heavy (non-hydrogen) atoms. The Bertz CT molecular complexity index is 1010. The molecule has 210 valence electrons. The number of benzene rings is 1. The van der Waals surface area contributed by atoms with Crippen molar-refractivity contribution in [3.05, 3.63) is 29.8 Å². The molecule has 3 amide bonds. The second-order valence-electron chi connectivity index (χ2n) is 8.55. The second-order valence-corrected chi connectivity index (χ2v) is 8.55. The van der Waals surface area contributed by atoms with Crippen LogP contribution in [0.25, 0.3) is 0 Å². The van der Waals surface area contributed by atoms with Crippen LogP contribution in [0.15, 0.2) is 29.3 Å². The average Bonchev–Trinajstić information content (AvgIpc) is 2.84. The maximum absolute atomic E-state index is 13.1. The molecule has 0 saturated heterocycles. The van der Waals surface area contributed by atoms with Gasteiger partial charge in [-0.05, 0) is 43.9 Å². The summed E-state index contributed by atoms with van der Waals surface area (Å²) in [6, 6.07) is 0.812. The Morgan fingerprint density at radius 3 is 2.03 bits per heavy atom. The molecule has 0 fully saturated rings. The van der Waals surface area contributed by atoms with Crippen molar-refractivity contribution in [1.82, 2.24) is 16.0 Å². The van der Waals surface area contributed by atoms with Crippen LogP contribution in [0.1, 0.15) is 38.2 Å². The van der Waals surface area contributed by atoms with Crippen molar-refractivity contribution >= 4 is 35.6 Å². The first-order valence-corrected chi connectivity index (χ1v) is 11.7. The Balaban J connectivity index is 3.03. The normalized spacial score (nSPS) is 13.7. The first-order valence-electron chi connectivity index (χ1n) is 11.7. The van der Waals surface area contributed by atoms with E-state index in [1.165, 1.54) is 31.2 Å². The van der Waals surface area contributed by atoms with Gasteiger partial charge in [0.25, 0.3) is 0 Å². The molecule has 1 rings (SSSR count). The number of carbonyl (C=O) groups excluding carboxylic acids is 3. The van der Waals surface area contributed by atoms with E-state index < -0.39 is 60.2 Å². The summed E-state index contributed by atoms with van der Waals surface area (Å²) < 4.78 is 0. The molecule has 0 saturated carbocycles. The summed E-state index contributed by atoms with van der Waals surface area (Å²) in [6.45, 7) is 1.47. The maximum Gasteiger partial charge on any atom is 0.325 e. The lowest BCUT2D eigenvalue weighted by atomic mass is 10.0. The number of hydrogen-bond donors (Lipinski definition) is 9. The molecule has 0 aliphatic heterocycles.